The Hall–Kier alpha value is -1.81. The number of nitrogens with zero attached hydrogens (tertiary/aromatic N) is 2. The molecule has 0 aliphatic heterocycles. The zero-order valence-electron chi connectivity index (χ0n) is 11.3. The van der Waals surface area contributed by atoms with Gasteiger partial charge in [-0.15, -0.1) is 0 Å². The van der Waals surface area contributed by atoms with E-state index >= 15 is 0 Å². The van der Waals surface area contributed by atoms with E-state index in [1.54, 1.807) is 6.20 Å². The number of nitrogens with two attached hydrogens (primary N) is 1. The van der Waals surface area contributed by atoms with Crippen molar-refractivity contribution < 1.29 is 5.11 Å². The van der Waals surface area contributed by atoms with Crippen molar-refractivity contribution in [2.24, 2.45) is 0 Å². The highest BCUT2D eigenvalue weighted by Gasteiger charge is 2.08. The summed E-state index contributed by atoms with van der Waals surface area (Å²) in [5.74, 6) is 0. The molecule has 102 valence electrons. The van der Waals surface area contributed by atoms with Crippen LogP contribution in [0.25, 0.3) is 10.9 Å². The van der Waals surface area contributed by atoms with Crippen LogP contribution in [0.1, 0.15) is 19.3 Å². The fourth-order valence-corrected chi connectivity index (χ4v) is 2.25. The van der Waals surface area contributed by atoms with E-state index in [2.05, 4.69) is 16.9 Å². The fraction of sp³-hybridized carbons (Fsp3) is 0.400. The number of benzene rings is 1. The molecular weight excluding hydrogens is 238 g/mol. The first-order chi connectivity index (χ1) is 9.24. The Bertz CT molecular complexity index is 542. The molecule has 0 unspecified atom stereocenters. The molecule has 4 heteroatoms. The first-order valence-corrected chi connectivity index (χ1v) is 6.69. The van der Waals surface area contributed by atoms with Crippen LogP contribution in [0.3, 0.4) is 0 Å². The minimum Gasteiger partial charge on any atom is -0.398 e. The third kappa shape index (κ3) is 3.15. The lowest BCUT2D eigenvalue weighted by Crippen LogP contribution is -2.19. The van der Waals surface area contributed by atoms with E-state index in [1.165, 1.54) is 0 Å². The van der Waals surface area contributed by atoms with Crippen molar-refractivity contribution >= 4 is 22.3 Å². The second-order valence-corrected chi connectivity index (χ2v) is 4.78. The number of hydrogen-bond acceptors (Lipinski definition) is 4. The smallest absolute Gasteiger partial charge is 0.0955 e. The molecule has 4 nitrogen and oxygen atoms in total. The molecule has 0 radical (unpaired) electrons. The van der Waals surface area contributed by atoms with Gasteiger partial charge in [-0.25, -0.2) is 0 Å². The molecule has 0 spiro atoms. The van der Waals surface area contributed by atoms with E-state index in [1.807, 2.05) is 24.3 Å². The summed E-state index contributed by atoms with van der Waals surface area (Å²) >= 11 is 0. The van der Waals surface area contributed by atoms with Crippen molar-refractivity contribution in [2.75, 3.05) is 30.8 Å². The number of anilines is 2. The van der Waals surface area contributed by atoms with E-state index < -0.39 is 0 Å². The maximum absolute atomic E-state index is 8.78. The Labute approximate surface area is 113 Å². The molecule has 0 amide bonds. The average molecular weight is 259 g/mol. The number of aliphatic hydroxyl groups is 1. The summed E-state index contributed by atoms with van der Waals surface area (Å²) in [6, 6.07) is 7.87. The lowest BCUT2D eigenvalue weighted by atomic mass is 10.1. The zero-order chi connectivity index (χ0) is 13.7. The van der Waals surface area contributed by atoms with E-state index in [0.717, 1.165) is 48.1 Å². The third-order valence-electron chi connectivity index (χ3n) is 3.34. The summed E-state index contributed by atoms with van der Waals surface area (Å²) in [7, 11) is 2.07. The molecule has 3 N–H and O–H groups in total. The number of fused-ring (bicyclic) bond motifs is 1. The third-order valence-corrected chi connectivity index (χ3v) is 3.34. The normalized spacial score (nSPS) is 10.8. The largest absolute Gasteiger partial charge is 0.398 e. The van der Waals surface area contributed by atoms with Crippen LogP contribution >= 0.6 is 0 Å². The molecule has 0 bridgehead atoms. The summed E-state index contributed by atoms with van der Waals surface area (Å²) < 4.78 is 0. The van der Waals surface area contributed by atoms with Crippen LogP contribution in [0.5, 0.6) is 0 Å². The molecule has 1 aromatic carbocycles. The fourth-order valence-electron chi connectivity index (χ4n) is 2.25. The summed E-state index contributed by atoms with van der Waals surface area (Å²) in [4.78, 5) is 6.65. The van der Waals surface area contributed by atoms with Crippen LogP contribution < -0.4 is 10.6 Å². The van der Waals surface area contributed by atoms with Gasteiger partial charge in [-0.1, -0.05) is 0 Å². The summed E-state index contributed by atoms with van der Waals surface area (Å²) in [6.45, 7) is 1.23. The second-order valence-electron chi connectivity index (χ2n) is 4.78. The molecule has 2 aromatic rings. The minimum absolute atomic E-state index is 0.274. The highest BCUT2D eigenvalue weighted by Crippen LogP contribution is 2.28. The summed E-state index contributed by atoms with van der Waals surface area (Å²) in [5.41, 5.74) is 8.80. The molecule has 19 heavy (non-hydrogen) atoms. The summed E-state index contributed by atoms with van der Waals surface area (Å²) in [6.07, 6.45) is 4.77. The van der Waals surface area contributed by atoms with Crippen molar-refractivity contribution in [1.29, 1.82) is 0 Å². The average Bonchev–Trinajstić information content (AvgIpc) is 2.44. The van der Waals surface area contributed by atoms with Crippen molar-refractivity contribution in [3.63, 3.8) is 0 Å². The standard InChI is InChI=1S/C15H21N3O/c1-18(10-3-2-4-11-19)14-8-7-13(16)12-6-5-9-17-15(12)14/h5-9,19H,2-4,10-11,16H2,1H3. The van der Waals surface area contributed by atoms with Crippen molar-refractivity contribution in [2.45, 2.75) is 19.3 Å². The first-order valence-electron chi connectivity index (χ1n) is 6.69. The number of aliphatic hydroxyl groups excluding tert-OH is 1. The second kappa shape index (κ2) is 6.38. The van der Waals surface area contributed by atoms with Gasteiger partial charge in [0.05, 0.1) is 11.2 Å². The molecule has 0 saturated carbocycles. The summed E-state index contributed by atoms with van der Waals surface area (Å²) in [5, 5.41) is 9.78. The lowest BCUT2D eigenvalue weighted by Gasteiger charge is -2.21. The molecule has 0 saturated heterocycles. The van der Waals surface area contributed by atoms with Gasteiger partial charge in [0.15, 0.2) is 0 Å². The van der Waals surface area contributed by atoms with Crippen LogP contribution in [0, 0.1) is 0 Å². The van der Waals surface area contributed by atoms with Gasteiger partial charge in [0.1, 0.15) is 0 Å². The molecular formula is C15H21N3O. The van der Waals surface area contributed by atoms with E-state index in [4.69, 9.17) is 10.8 Å². The van der Waals surface area contributed by atoms with Crippen LogP contribution in [0.15, 0.2) is 30.5 Å². The Morgan fingerprint density at radius 3 is 2.84 bits per heavy atom. The van der Waals surface area contributed by atoms with E-state index in [9.17, 15) is 0 Å². The quantitative estimate of drug-likeness (QED) is 0.618. The van der Waals surface area contributed by atoms with E-state index in [0.29, 0.717) is 0 Å². The van der Waals surface area contributed by atoms with Crippen molar-refractivity contribution in [3.8, 4) is 0 Å². The van der Waals surface area contributed by atoms with Crippen LogP contribution in [0.4, 0.5) is 11.4 Å². The van der Waals surface area contributed by atoms with Gasteiger partial charge in [-0.2, -0.15) is 0 Å². The molecule has 1 heterocycles. The van der Waals surface area contributed by atoms with Gasteiger partial charge in [0.25, 0.3) is 0 Å². The topological polar surface area (TPSA) is 62.4 Å². The van der Waals surface area contributed by atoms with Gasteiger partial charge in [-0.05, 0) is 43.5 Å². The molecule has 0 aliphatic rings. The highest BCUT2D eigenvalue weighted by molar-refractivity contribution is 5.98. The van der Waals surface area contributed by atoms with Crippen LogP contribution in [-0.2, 0) is 0 Å². The predicted octanol–water partition coefficient (Wildman–Crippen LogP) is 2.42. The van der Waals surface area contributed by atoms with Gasteiger partial charge < -0.3 is 15.7 Å². The van der Waals surface area contributed by atoms with Crippen molar-refractivity contribution in [1.82, 2.24) is 4.98 Å². The van der Waals surface area contributed by atoms with E-state index in [-0.39, 0.29) is 6.61 Å². The zero-order valence-corrected chi connectivity index (χ0v) is 11.3. The SMILES string of the molecule is CN(CCCCCO)c1ccc(N)c2cccnc12. The number of pyridine rings is 1. The first kappa shape index (κ1) is 13.6. The molecule has 0 fully saturated rings. The van der Waals surface area contributed by atoms with Crippen LogP contribution in [-0.4, -0.2) is 30.3 Å². The predicted molar refractivity (Wildman–Crippen MR) is 80.4 cm³/mol. The minimum atomic E-state index is 0.274. The Kier molecular flexibility index (Phi) is 4.58. The molecule has 2 rings (SSSR count). The molecule has 0 atom stereocenters. The van der Waals surface area contributed by atoms with Crippen LogP contribution in [0.2, 0.25) is 0 Å². The van der Waals surface area contributed by atoms with Gasteiger partial charge in [0, 0.05) is 37.5 Å². The Morgan fingerprint density at radius 1 is 1.21 bits per heavy atom. The number of nitrogen functional groups attached to an aromatic ring is 1. The van der Waals surface area contributed by atoms with Crippen molar-refractivity contribution in [3.05, 3.63) is 30.5 Å². The number of hydrogen-bond donors (Lipinski definition) is 2. The molecule has 0 aliphatic carbocycles. The van der Waals surface area contributed by atoms with Gasteiger partial charge >= 0.3 is 0 Å². The highest BCUT2D eigenvalue weighted by atomic mass is 16.2. The maximum atomic E-state index is 8.78. The molecule has 1 aromatic heterocycles. The monoisotopic (exact) mass is 259 g/mol. The number of unbranched alkanes of at least 4 members (excludes halogenated alkanes) is 2. The maximum Gasteiger partial charge on any atom is 0.0955 e. The lowest BCUT2D eigenvalue weighted by molar-refractivity contribution is 0.283. The number of aromatic nitrogens is 1. The Morgan fingerprint density at radius 2 is 2.05 bits per heavy atom. The van der Waals surface area contributed by atoms with Gasteiger partial charge in [0.2, 0.25) is 0 Å². The van der Waals surface area contributed by atoms with Gasteiger partial charge in [-0.3, -0.25) is 4.98 Å². The number of rotatable bonds is 6. The Balaban J connectivity index is 2.18.